The van der Waals surface area contributed by atoms with E-state index < -0.39 is 5.91 Å². The van der Waals surface area contributed by atoms with Gasteiger partial charge in [-0.15, -0.1) is 0 Å². The minimum absolute atomic E-state index is 0.544. The Morgan fingerprint density at radius 2 is 1.83 bits per heavy atom. The fourth-order valence-corrected chi connectivity index (χ4v) is 2.29. The van der Waals surface area contributed by atoms with Crippen LogP contribution in [0.5, 0.6) is 0 Å². The minimum Gasteiger partial charge on any atom is -0.317 e. The predicted molar refractivity (Wildman–Crippen MR) is 93.6 cm³/mol. The predicted octanol–water partition coefficient (Wildman–Crippen LogP) is 4.18. The van der Waals surface area contributed by atoms with Gasteiger partial charge in [-0.05, 0) is 42.0 Å². The lowest BCUT2D eigenvalue weighted by Gasteiger charge is -2.05. The van der Waals surface area contributed by atoms with Crippen molar-refractivity contribution < 1.29 is 10.0 Å². The van der Waals surface area contributed by atoms with Gasteiger partial charge in [0.2, 0.25) is 0 Å². The summed E-state index contributed by atoms with van der Waals surface area (Å²) in [6.45, 7) is 4.00. The van der Waals surface area contributed by atoms with E-state index in [-0.39, 0.29) is 0 Å². The lowest BCUT2D eigenvalue weighted by Crippen LogP contribution is -2.14. The number of benzene rings is 2. The summed E-state index contributed by atoms with van der Waals surface area (Å²) in [5, 5.41) is 9.55. The number of aromatic nitrogens is 1. The quantitative estimate of drug-likeness (QED) is 0.433. The molecule has 0 aliphatic rings. The molecule has 0 spiro atoms. The summed E-state index contributed by atoms with van der Waals surface area (Å²) in [6.07, 6.45) is 4.97. The van der Waals surface area contributed by atoms with E-state index in [1.807, 2.05) is 62.5 Å². The molecule has 0 unspecified atom stereocenters. The number of rotatable bonds is 3. The molecular formula is C19H20N2O2. The first kappa shape index (κ1) is 16.5. The topological polar surface area (TPSA) is 54.3 Å². The van der Waals surface area contributed by atoms with E-state index in [2.05, 4.69) is 16.7 Å². The van der Waals surface area contributed by atoms with Crippen LogP contribution in [0.15, 0.2) is 66.9 Å². The second kappa shape index (κ2) is 7.96. The molecule has 3 rings (SSSR count). The summed E-state index contributed by atoms with van der Waals surface area (Å²) in [6, 6.07) is 18.1. The summed E-state index contributed by atoms with van der Waals surface area (Å²) in [5.74, 6) is -0.544. The average molecular weight is 308 g/mol. The highest BCUT2D eigenvalue weighted by molar-refractivity contribution is 5.92. The van der Waals surface area contributed by atoms with Crippen LogP contribution < -0.4 is 5.48 Å². The first-order valence-electron chi connectivity index (χ1n) is 7.56. The zero-order valence-corrected chi connectivity index (χ0v) is 13.2. The van der Waals surface area contributed by atoms with Gasteiger partial charge in [-0.2, -0.15) is 0 Å². The van der Waals surface area contributed by atoms with Gasteiger partial charge in [0, 0.05) is 23.3 Å². The van der Waals surface area contributed by atoms with Gasteiger partial charge in [0.1, 0.15) is 0 Å². The number of fused-ring (bicyclic) bond motifs is 1. The van der Waals surface area contributed by atoms with Crippen LogP contribution >= 0.6 is 0 Å². The van der Waals surface area contributed by atoms with Crippen molar-refractivity contribution in [3.05, 3.63) is 72.4 Å². The van der Waals surface area contributed by atoms with Crippen molar-refractivity contribution in [2.24, 2.45) is 0 Å². The van der Waals surface area contributed by atoms with E-state index in [4.69, 9.17) is 5.21 Å². The molecule has 0 fully saturated rings. The van der Waals surface area contributed by atoms with E-state index in [0.29, 0.717) is 0 Å². The van der Waals surface area contributed by atoms with E-state index in [1.165, 1.54) is 6.08 Å². The lowest BCUT2D eigenvalue weighted by molar-refractivity contribution is -0.124. The third kappa shape index (κ3) is 3.87. The number of nitrogens with one attached hydrogen (secondary N) is 1. The van der Waals surface area contributed by atoms with Crippen molar-refractivity contribution >= 4 is 22.9 Å². The third-order valence-electron chi connectivity index (χ3n) is 3.29. The first-order chi connectivity index (χ1) is 11.3. The van der Waals surface area contributed by atoms with E-state index >= 15 is 0 Å². The Morgan fingerprint density at radius 3 is 2.52 bits per heavy atom. The molecule has 0 saturated heterocycles. The van der Waals surface area contributed by atoms with Gasteiger partial charge < -0.3 is 4.57 Å². The maximum Gasteiger partial charge on any atom is 0.267 e. The Morgan fingerprint density at radius 1 is 1.09 bits per heavy atom. The average Bonchev–Trinajstić information content (AvgIpc) is 3.05. The highest BCUT2D eigenvalue weighted by Gasteiger charge is 2.03. The summed E-state index contributed by atoms with van der Waals surface area (Å²) >= 11 is 0. The summed E-state index contributed by atoms with van der Waals surface area (Å²) in [4.78, 5) is 11.0. The zero-order chi connectivity index (χ0) is 16.7. The second-order valence-electron chi connectivity index (χ2n) is 4.65. The van der Waals surface area contributed by atoms with Crippen LogP contribution in [-0.4, -0.2) is 15.7 Å². The Hall–Kier alpha value is -2.85. The largest absolute Gasteiger partial charge is 0.317 e. The smallest absolute Gasteiger partial charge is 0.267 e. The van der Waals surface area contributed by atoms with Crippen molar-refractivity contribution in [1.29, 1.82) is 0 Å². The van der Waals surface area contributed by atoms with E-state index in [1.54, 1.807) is 11.6 Å². The van der Waals surface area contributed by atoms with Crippen LogP contribution in [0.25, 0.3) is 22.7 Å². The molecule has 118 valence electrons. The number of nitrogens with zero attached hydrogens (tertiary/aromatic N) is 1. The number of hydrogen-bond acceptors (Lipinski definition) is 2. The molecule has 4 heteroatoms. The normalized spacial score (nSPS) is 10.4. The van der Waals surface area contributed by atoms with Gasteiger partial charge >= 0.3 is 0 Å². The zero-order valence-electron chi connectivity index (χ0n) is 13.2. The van der Waals surface area contributed by atoms with E-state index in [0.717, 1.165) is 22.2 Å². The number of amides is 1. The minimum atomic E-state index is -0.544. The van der Waals surface area contributed by atoms with Crippen molar-refractivity contribution in [3.63, 3.8) is 0 Å². The fourth-order valence-electron chi connectivity index (χ4n) is 2.29. The number of hydrogen-bond donors (Lipinski definition) is 2. The van der Waals surface area contributed by atoms with Crippen LogP contribution in [-0.2, 0) is 4.79 Å². The van der Waals surface area contributed by atoms with Crippen molar-refractivity contribution in [1.82, 2.24) is 10.0 Å². The number of carbonyl (C=O) groups is 1. The van der Waals surface area contributed by atoms with Crippen LogP contribution in [0.2, 0.25) is 0 Å². The van der Waals surface area contributed by atoms with Gasteiger partial charge in [-0.3, -0.25) is 10.0 Å². The maximum atomic E-state index is 11.0. The first-order valence-corrected chi connectivity index (χ1v) is 7.56. The van der Waals surface area contributed by atoms with Gasteiger partial charge in [-0.25, -0.2) is 5.48 Å². The molecule has 0 aliphatic carbocycles. The monoisotopic (exact) mass is 308 g/mol. The molecule has 0 radical (unpaired) electrons. The second-order valence-corrected chi connectivity index (χ2v) is 4.65. The molecule has 0 saturated carbocycles. The van der Waals surface area contributed by atoms with Crippen LogP contribution in [0.1, 0.15) is 19.4 Å². The molecule has 2 aromatic carbocycles. The van der Waals surface area contributed by atoms with Crippen molar-refractivity contribution in [2.75, 3.05) is 0 Å². The standard InChI is InChI=1S/C17H14N2O2.C2H6/c20-17(18-21)9-7-13-6-8-16-14(12-13)10-11-19(16)15-4-2-1-3-5-15;1-2/h1-12,21H,(H,18,20);1-2H3/b9-7+;. The molecule has 1 heterocycles. The number of hydroxylamine groups is 1. The number of carbonyl (C=O) groups excluding carboxylic acids is 1. The molecule has 0 atom stereocenters. The number of para-hydroxylation sites is 1. The van der Waals surface area contributed by atoms with Gasteiger partial charge in [0.15, 0.2) is 0 Å². The van der Waals surface area contributed by atoms with Crippen LogP contribution in [0, 0.1) is 0 Å². The van der Waals surface area contributed by atoms with Gasteiger partial charge in [0.05, 0.1) is 5.52 Å². The Balaban J connectivity index is 0.000000924. The Labute approximate surface area is 135 Å². The van der Waals surface area contributed by atoms with E-state index in [9.17, 15) is 4.79 Å². The van der Waals surface area contributed by atoms with Gasteiger partial charge in [0.25, 0.3) is 5.91 Å². The SMILES string of the molecule is CC.O=C(/C=C/c1ccc2c(ccn2-c2ccccc2)c1)NO. The Bertz CT molecular complexity index is 805. The lowest BCUT2D eigenvalue weighted by atomic mass is 10.1. The molecule has 0 aliphatic heterocycles. The molecule has 0 bridgehead atoms. The summed E-state index contributed by atoms with van der Waals surface area (Å²) in [7, 11) is 0. The summed E-state index contributed by atoms with van der Waals surface area (Å²) in [5.41, 5.74) is 4.68. The highest BCUT2D eigenvalue weighted by Crippen LogP contribution is 2.22. The highest BCUT2D eigenvalue weighted by atomic mass is 16.5. The van der Waals surface area contributed by atoms with Gasteiger partial charge in [-0.1, -0.05) is 38.1 Å². The third-order valence-corrected chi connectivity index (χ3v) is 3.29. The van der Waals surface area contributed by atoms with Crippen molar-refractivity contribution in [2.45, 2.75) is 13.8 Å². The molecule has 23 heavy (non-hydrogen) atoms. The maximum absolute atomic E-state index is 11.0. The van der Waals surface area contributed by atoms with Crippen LogP contribution in [0.4, 0.5) is 0 Å². The Kier molecular flexibility index (Phi) is 5.72. The molecule has 2 N–H and O–H groups in total. The molecule has 4 nitrogen and oxygen atoms in total. The van der Waals surface area contributed by atoms with Crippen molar-refractivity contribution in [3.8, 4) is 5.69 Å². The molecule has 3 aromatic rings. The molecular weight excluding hydrogens is 288 g/mol. The summed E-state index contributed by atoms with van der Waals surface area (Å²) < 4.78 is 2.11. The molecule has 1 amide bonds. The van der Waals surface area contributed by atoms with Crippen LogP contribution in [0.3, 0.4) is 0 Å². The fraction of sp³-hybridized carbons (Fsp3) is 0.105. The molecule has 1 aromatic heterocycles.